The Morgan fingerprint density at radius 1 is 1.48 bits per heavy atom. The number of nitro groups is 1. The molecule has 1 aliphatic rings. The van der Waals surface area contributed by atoms with Crippen LogP contribution in [0.3, 0.4) is 0 Å². The van der Waals surface area contributed by atoms with Gasteiger partial charge in [-0.3, -0.25) is 14.9 Å². The molecule has 0 aromatic carbocycles. The maximum Gasteiger partial charge on any atom is 0.337 e. The molecule has 21 heavy (non-hydrogen) atoms. The lowest BCUT2D eigenvalue weighted by Gasteiger charge is -2.20. The minimum atomic E-state index is -1.29. The average Bonchev–Trinajstić information content (AvgIpc) is 2.60. The van der Waals surface area contributed by atoms with Crippen molar-refractivity contribution < 1.29 is 19.6 Å². The molecule has 2 rings (SSSR count). The van der Waals surface area contributed by atoms with Crippen LogP contribution < -0.4 is 4.90 Å². The Morgan fingerprint density at radius 2 is 2.19 bits per heavy atom. The summed E-state index contributed by atoms with van der Waals surface area (Å²) in [6.07, 6.45) is 1.71. The predicted molar refractivity (Wildman–Crippen MR) is 72.3 cm³/mol. The van der Waals surface area contributed by atoms with E-state index < -0.39 is 16.6 Å². The van der Waals surface area contributed by atoms with Crippen molar-refractivity contribution in [3.8, 4) is 0 Å². The van der Waals surface area contributed by atoms with Gasteiger partial charge in [-0.1, -0.05) is 0 Å². The van der Waals surface area contributed by atoms with Crippen molar-refractivity contribution in [2.45, 2.75) is 6.42 Å². The van der Waals surface area contributed by atoms with Gasteiger partial charge in [-0.15, -0.1) is 0 Å². The standard InChI is InChI=1S/C12H14N4O5/c1-14-3-2-4-15(7-10(14)17)11-9(16(20)21)5-8(6-13-11)12(18)19/h5-6H,2-4,7H2,1H3,(H,18,19). The van der Waals surface area contributed by atoms with Crippen LogP contribution in [0.15, 0.2) is 12.3 Å². The van der Waals surface area contributed by atoms with E-state index in [1.165, 1.54) is 4.90 Å². The fraction of sp³-hybridized carbons (Fsp3) is 0.417. The Morgan fingerprint density at radius 3 is 2.81 bits per heavy atom. The summed E-state index contributed by atoms with van der Waals surface area (Å²) in [7, 11) is 1.67. The number of likely N-dealkylation sites (N-methyl/N-ethyl adjacent to an activating group) is 1. The zero-order chi connectivity index (χ0) is 15.6. The van der Waals surface area contributed by atoms with E-state index >= 15 is 0 Å². The zero-order valence-electron chi connectivity index (χ0n) is 11.4. The highest BCUT2D eigenvalue weighted by atomic mass is 16.6. The number of carbonyl (C=O) groups excluding carboxylic acids is 1. The van der Waals surface area contributed by atoms with E-state index in [4.69, 9.17) is 5.11 Å². The van der Waals surface area contributed by atoms with Gasteiger partial charge in [0.05, 0.1) is 17.0 Å². The van der Waals surface area contributed by atoms with Gasteiger partial charge in [0.1, 0.15) is 0 Å². The highest BCUT2D eigenvalue weighted by molar-refractivity contribution is 5.89. The second-order valence-electron chi connectivity index (χ2n) is 4.72. The summed E-state index contributed by atoms with van der Waals surface area (Å²) in [5, 5.41) is 20.0. The molecule has 0 unspecified atom stereocenters. The van der Waals surface area contributed by atoms with Gasteiger partial charge in [-0.2, -0.15) is 0 Å². The molecule has 0 saturated carbocycles. The second-order valence-corrected chi connectivity index (χ2v) is 4.72. The first kappa shape index (κ1) is 14.7. The molecule has 1 fully saturated rings. The van der Waals surface area contributed by atoms with Crippen LogP contribution in [-0.4, -0.2) is 58.5 Å². The Bertz CT molecular complexity index is 603. The van der Waals surface area contributed by atoms with Crippen LogP contribution in [0.4, 0.5) is 11.5 Å². The molecule has 1 N–H and O–H groups in total. The molecule has 0 aliphatic carbocycles. The van der Waals surface area contributed by atoms with E-state index in [0.29, 0.717) is 19.5 Å². The van der Waals surface area contributed by atoms with E-state index in [2.05, 4.69) is 4.98 Å². The third kappa shape index (κ3) is 3.07. The van der Waals surface area contributed by atoms with Crippen molar-refractivity contribution in [3.63, 3.8) is 0 Å². The van der Waals surface area contributed by atoms with Gasteiger partial charge in [0.25, 0.3) is 0 Å². The first-order chi connectivity index (χ1) is 9.90. The number of carbonyl (C=O) groups is 2. The number of aromatic nitrogens is 1. The largest absolute Gasteiger partial charge is 0.478 e. The summed E-state index contributed by atoms with van der Waals surface area (Å²) >= 11 is 0. The maximum absolute atomic E-state index is 11.8. The van der Waals surface area contributed by atoms with Crippen molar-refractivity contribution >= 4 is 23.4 Å². The number of nitrogens with zero attached hydrogens (tertiary/aromatic N) is 4. The summed E-state index contributed by atoms with van der Waals surface area (Å²) in [6.45, 7) is 0.990. The molecule has 1 aliphatic heterocycles. The lowest BCUT2D eigenvalue weighted by atomic mass is 10.2. The highest BCUT2D eigenvalue weighted by Gasteiger charge is 2.27. The summed E-state index contributed by atoms with van der Waals surface area (Å²) in [6, 6.07) is 0.962. The number of rotatable bonds is 3. The van der Waals surface area contributed by atoms with E-state index in [1.54, 1.807) is 11.9 Å². The maximum atomic E-state index is 11.8. The van der Waals surface area contributed by atoms with Gasteiger partial charge in [-0.25, -0.2) is 9.78 Å². The van der Waals surface area contributed by atoms with E-state index in [9.17, 15) is 19.7 Å². The first-order valence-corrected chi connectivity index (χ1v) is 6.27. The minimum Gasteiger partial charge on any atom is -0.478 e. The Hall–Kier alpha value is -2.71. The topological polar surface area (TPSA) is 117 Å². The van der Waals surface area contributed by atoms with Crippen molar-refractivity contribution in [2.24, 2.45) is 0 Å². The van der Waals surface area contributed by atoms with Gasteiger partial charge in [0, 0.05) is 32.4 Å². The number of aromatic carboxylic acids is 1. The van der Waals surface area contributed by atoms with Crippen molar-refractivity contribution in [1.82, 2.24) is 9.88 Å². The van der Waals surface area contributed by atoms with Gasteiger partial charge in [0.15, 0.2) is 0 Å². The van der Waals surface area contributed by atoms with Crippen molar-refractivity contribution in [3.05, 3.63) is 27.9 Å². The molecule has 0 spiro atoms. The summed E-state index contributed by atoms with van der Waals surface area (Å²) in [4.78, 5) is 40.1. The van der Waals surface area contributed by atoms with Crippen LogP contribution in [0.5, 0.6) is 0 Å². The Labute approximate surface area is 119 Å². The molecule has 9 heteroatoms. The molecule has 9 nitrogen and oxygen atoms in total. The molecule has 1 amide bonds. The monoisotopic (exact) mass is 294 g/mol. The molecule has 112 valence electrons. The van der Waals surface area contributed by atoms with E-state index in [1.807, 2.05) is 0 Å². The number of carboxylic acid groups (broad SMARTS) is 1. The Balaban J connectivity index is 2.40. The number of hydrogen-bond acceptors (Lipinski definition) is 6. The average molecular weight is 294 g/mol. The van der Waals surface area contributed by atoms with Gasteiger partial charge >= 0.3 is 11.7 Å². The molecule has 1 saturated heterocycles. The molecular formula is C12H14N4O5. The predicted octanol–water partition coefficient (Wildman–Crippen LogP) is 0.356. The molecule has 1 aromatic heterocycles. The van der Waals surface area contributed by atoms with Gasteiger partial charge < -0.3 is 14.9 Å². The van der Waals surface area contributed by atoms with E-state index in [-0.39, 0.29) is 23.8 Å². The number of carboxylic acids is 1. The third-order valence-corrected chi connectivity index (χ3v) is 3.26. The molecular weight excluding hydrogens is 280 g/mol. The van der Waals surface area contributed by atoms with Crippen LogP contribution in [-0.2, 0) is 4.79 Å². The van der Waals surface area contributed by atoms with Crippen molar-refractivity contribution in [2.75, 3.05) is 31.6 Å². The molecule has 0 bridgehead atoms. The normalized spacial score (nSPS) is 15.8. The fourth-order valence-corrected chi connectivity index (χ4v) is 2.11. The Kier molecular flexibility index (Phi) is 4.01. The number of anilines is 1. The van der Waals surface area contributed by atoms with Crippen LogP contribution >= 0.6 is 0 Å². The van der Waals surface area contributed by atoms with Gasteiger partial charge in [-0.05, 0) is 6.42 Å². The summed E-state index contributed by atoms with van der Waals surface area (Å²) in [5.41, 5.74) is -0.670. The number of pyridine rings is 1. The van der Waals surface area contributed by atoms with E-state index in [0.717, 1.165) is 12.3 Å². The van der Waals surface area contributed by atoms with Crippen LogP contribution in [0.1, 0.15) is 16.8 Å². The van der Waals surface area contributed by atoms with Crippen molar-refractivity contribution in [1.29, 1.82) is 0 Å². The molecule has 1 aromatic rings. The van der Waals surface area contributed by atoms with Crippen LogP contribution in [0, 0.1) is 10.1 Å². The number of amides is 1. The van der Waals surface area contributed by atoms with Crippen LogP contribution in [0.2, 0.25) is 0 Å². The second kappa shape index (κ2) is 5.73. The van der Waals surface area contributed by atoms with Gasteiger partial charge in [0.2, 0.25) is 11.7 Å². The molecule has 0 atom stereocenters. The lowest BCUT2D eigenvalue weighted by molar-refractivity contribution is -0.384. The zero-order valence-corrected chi connectivity index (χ0v) is 11.4. The first-order valence-electron chi connectivity index (χ1n) is 6.27. The third-order valence-electron chi connectivity index (χ3n) is 3.26. The minimum absolute atomic E-state index is 0.0171. The van der Waals surface area contributed by atoms with Crippen LogP contribution in [0.25, 0.3) is 0 Å². The highest BCUT2D eigenvalue weighted by Crippen LogP contribution is 2.27. The number of hydrogen-bond donors (Lipinski definition) is 1. The molecule has 0 radical (unpaired) electrons. The smallest absolute Gasteiger partial charge is 0.337 e. The molecule has 2 heterocycles. The fourth-order valence-electron chi connectivity index (χ4n) is 2.11. The summed E-state index contributed by atoms with van der Waals surface area (Å²) < 4.78 is 0. The quantitative estimate of drug-likeness (QED) is 0.631. The summed E-state index contributed by atoms with van der Waals surface area (Å²) in [5.74, 6) is -1.43. The SMILES string of the molecule is CN1CCCN(c2ncc(C(=O)O)cc2[N+](=O)[O-])CC1=O. The lowest BCUT2D eigenvalue weighted by Crippen LogP contribution is -2.35.